The summed E-state index contributed by atoms with van der Waals surface area (Å²) in [4.78, 5) is 22.8. The second-order valence-electron chi connectivity index (χ2n) is 6.89. The number of rotatable bonds is 5. The van der Waals surface area contributed by atoms with Gasteiger partial charge in [0.2, 0.25) is 5.91 Å². The van der Waals surface area contributed by atoms with Crippen molar-refractivity contribution in [3.63, 3.8) is 0 Å². The first kappa shape index (κ1) is 17.2. The van der Waals surface area contributed by atoms with E-state index in [1.54, 1.807) is 0 Å². The van der Waals surface area contributed by atoms with Gasteiger partial charge >= 0.3 is 5.97 Å². The lowest BCUT2D eigenvalue weighted by molar-refractivity contribution is -0.173. The van der Waals surface area contributed by atoms with Crippen LogP contribution in [0.1, 0.15) is 41.0 Å². The van der Waals surface area contributed by atoms with Gasteiger partial charge in [0.15, 0.2) is 14.5 Å². The van der Waals surface area contributed by atoms with Crippen molar-refractivity contribution in [2.45, 2.75) is 71.5 Å². The first-order chi connectivity index (χ1) is 8.99. The Labute approximate surface area is 122 Å². The third kappa shape index (κ3) is 3.61. The van der Waals surface area contributed by atoms with Gasteiger partial charge in [0, 0.05) is 6.92 Å². The Morgan fingerprint density at radius 1 is 1.40 bits per heavy atom. The Bertz CT molecular complexity index is 389. The van der Waals surface area contributed by atoms with Crippen LogP contribution in [0, 0.1) is 5.92 Å². The van der Waals surface area contributed by atoms with Crippen LogP contribution < -0.4 is 5.32 Å². The minimum Gasteiger partial charge on any atom is -0.441 e. The van der Waals surface area contributed by atoms with Crippen molar-refractivity contribution in [3.8, 4) is 0 Å². The maximum atomic E-state index is 11.8. The molecule has 6 heteroatoms. The molecule has 1 fully saturated rings. The second kappa shape index (κ2) is 5.85. The topological polar surface area (TPSA) is 64.6 Å². The third-order valence-corrected chi connectivity index (χ3v) is 8.77. The number of esters is 1. The molecule has 20 heavy (non-hydrogen) atoms. The number of hydrogen-bond donors (Lipinski definition) is 1. The molecular weight excluding hydrogens is 274 g/mol. The maximum Gasteiger partial charge on any atom is 0.304 e. The molecule has 1 amide bonds. The Balaban J connectivity index is 2.80. The average Bonchev–Trinajstić information content (AvgIpc) is 2.24. The highest BCUT2D eigenvalue weighted by atomic mass is 28.4. The van der Waals surface area contributed by atoms with Crippen molar-refractivity contribution in [1.82, 2.24) is 5.32 Å². The van der Waals surface area contributed by atoms with Gasteiger partial charge in [-0.25, -0.2) is 0 Å². The van der Waals surface area contributed by atoms with Crippen LogP contribution in [0.3, 0.4) is 0 Å². The molecule has 0 spiro atoms. The first-order valence-electron chi connectivity index (χ1n) is 7.15. The zero-order chi connectivity index (χ0) is 15.7. The lowest BCUT2D eigenvalue weighted by Gasteiger charge is -2.45. The molecular formula is C14H27NO4Si. The fourth-order valence-electron chi connectivity index (χ4n) is 1.98. The first-order valence-corrected chi connectivity index (χ1v) is 10.1. The van der Waals surface area contributed by atoms with Crippen molar-refractivity contribution in [2.24, 2.45) is 5.92 Å². The average molecular weight is 301 g/mol. The Kier molecular flexibility index (Phi) is 5.02. The number of carbonyl (C=O) groups is 2. The predicted octanol–water partition coefficient (Wildman–Crippen LogP) is 2.42. The lowest BCUT2D eigenvalue weighted by Crippen LogP contribution is -2.65. The van der Waals surface area contributed by atoms with Gasteiger partial charge in [0.25, 0.3) is 0 Å². The van der Waals surface area contributed by atoms with Gasteiger partial charge in [0.05, 0.1) is 6.10 Å². The third-order valence-electron chi connectivity index (χ3n) is 4.26. The maximum absolute atomic E-state index is 11.8. The molecule has 116 valence electrons. The highest BCUT2D eigenvalue weighted by Gasteiger charge is 2.50. The van der Waals surface area contributed by atoms with Gasteiger partial charge in [-0.1, -0.05) is 27.7 Å². The summed E-state index contributed by atoms with van der Waals surface area (Å²) in [6, 6.07) is 0. The van der Waals surface area contributed by atoms with E-state index in [-0.39, 0.29) is 23.0 Å². The molecule has 1 rings (SSSR count). The van der Waals surface area contributed by atoms with E-state index in [9.17, 15) is 9.59 Å². The summed E-state index contributed by atoms with van der Waals surface area (Å²) in [7, 11) is -1.95. The molecule has 1 heterocycles. The van der Waals surface area contributed by atoms with Crippen LogP contribution in [0.4, 0.5) is 0 Å². The zero-order valence-corrected chi connectivity index (χ0v) is 14.6. The van der Waals surface area contributed by atoms with Crippen LogP contribution in [0.25, 0.3) is 0 Å². The molecule has 0 aliphatic carbocycles. The van der Waals surface area contributed by atoms with Crippen molar-refractivity contribution in [2.75, 3.05) is 0 Å². The molecule has 1 aliphatic heterocycles. The number of β-lactam (4-membered cyclic amide) rings is 1. The summed E-state index contributed by atoms with van der Waals surface area (Å²) in [5.74, 6) is -0.873. The summed E-state index contributed by atoms with van der Waals surface area (Å²) < 4.78 is 11.4. The van der Waals surface area contributed by atoms with Gasteiger partial charge in [0.1, 0.15) is 5.92 Å². The Morgan fingerprint density at radius 3 is 2.30 bits per heavy atom. The van der Waals surface area contributed by atoms with E-state index in [0.717, 1.165) is 6.42 Å². The number of carbonyl (C=O) groups excluding carboxylic acids is 2. The van der Waals surface area contributed by atoms with Crippen LogP contribution in [-0.2, 0) is 18.8 Å². The summed E-state index contributed by atoms with van der Waals surface area (Å²) >= 11 is 0. The SMILES string of the molecule is CC[C@H](O[Si](C)(C)C(C)(C)C)[C@@H]1C(=O)N[C@H]1OC(C)=O. The van der Waals surface area contributed by atoms with E-state index < -0.39 is 20.5 Å². The standard InChI is InChI=1S/C14H27NO4Si/c1-8-10(19-20(6,7)14(3,4)5)11-12(17)15-13(11)18-9(2)16/h10-11,13H,8H2,1-7H3,(H,15,17)/t10-,11+,13-/m0/s1. The van der Waals surface area contributed by atoms with Crippen molar-refractivity contribution in [1.29, 1.82) is 0 Å². The molecule has 1 saturated heterocycles. The number of amides is 1. The van der Waals surface area contributed by atoms with Crippen molar-refractivity contribution < 1.29 is 18.8 Å². The normalized spacial score (nSPS) is 24.6. The monoisotopic (exact) mass is 301 g/mol. The van der Waals surface area contributed by atoms with Crippen LogP contribution in [0.5, 0.6) is 0 Å². The van der Waals surface area contributed by atoms with E-state index in [0.29, 0.717) is 0 Å². The minimum atomic E-state index is -1.95. The fourth-order valence-corrected chi connectivity index (χ4v) is 3.40. The molecule has 1 N–H and O–H groups in total. The molecule has 0 aromatic carbocycles. The molecule has 0 radical (unpaired) electrons. The number of nitrogens with one attached hydrogen (secondary N) is 1. The molecule has 0 bridgehead atoms. The lowest BCUT2D eigenvalue weighted by atomic mass is 9.91. The van der Waals surface area contributed by atoms with Crippen molar-refractivity contribution >= 4 is 20.2 Å². The molecule has 5 nitrogen and oxygen atoms in total. The van der Waals surface area contributed by atoms with E-state index in [2.05, 4.69) is 39.2 Å². The smallest absolute Gasteiger partial charge is 0.304 e. The number of ether oxygens (including phenoxy) is 1. The highest BCUT2D eigenvalue weighted by molar-refractivity contribution is 6.74. The summed E-state index contributed by atoms with van der Waals surface area (Å²) in [5.41, 5.74) is 0. The van der Waals surface area contributed by atoms with E-state index in [4.69, 9.17) is 9.16 Å². The largest absolute Gasteiger partial charge is 0.441 e. The predicted molar refractivity (Wildman–Crippen MR) is 79.5 cm³/mol. The molecule has 0 aromatic heterocycles. The molecule has 3 atom stereocenters. The highest BCUT2D eigenvalue weighted by Crippen LogP contribution is 2.39. The Morgan fingerprint density at radius 2 is 1.95 bits per heavy atom. The number of hydrogen-bond acceptors (Lipinski definition) is 4. The minimum absolute atomic E-state index is 0.0809. The van der Waals surface area contributed by atoms with Gasteiger partial charge in [-0.3, -0.25) is 9.59 Å². The van der Waals surface area contributed by atoms with Gasteiger partial charge in [-0.15, -0.1) is 0 Å². The fraction of sp³-hybridized carbons (Fsp3) is 0.857. The molecule has 0 aromatic rings. The quantitative estimate of drug-likeness (QED) is 0.481. The molecule has 0 saturated carbocycles. The Hall–Kier alpha value is -0.883. The zero-order valence-electron chi connectivity index (χ0n) is 13.6. The van der Waals surface area contributed by atoms with Crippen LogP contribution in [0.2, 0.25) is 18.1 Å². The summed E-state index contributed by atoms with van der Waals surface area (Å²) in [5, 5.41) is 2.70. The van der Waals surface area contributed by atoms with E-state index >= 15 is 0 Å². The van der Waals surface area contributed by atoms with Crippen LogP contribution >= 0.6 is 0 Å². The molecule has 1 aliphatic rings. The van der Waals surface area contributed by atoms with E-state index in [1.165, 1.54) is 6.92 Å². The van der Waals surface area contributed by atoms with Gasteiger partial charge < -0.3 is 14.5 Å². The van der Waals surface area contributed by atoms with Crippen LogP contribution in [-0.4, -0.2) is 32.5 Å². The molecule has 0 unspecified atom stereocenters. The summed E-state index contributed by atoms with van der Waals surface area (Å²) in [6.45, 7) is 14.1. The van der Waals surface area contributed by atoms with Crippen molar-refractivity contribution in [3.05, 3.63) is 0 Å². The van der Waals surface area contributed by atoms with Gasteiger partial charge in [-0.05, 0) is 24.6 Å². The van der Waals surface area contributed by atoms with Gasteiger partial charge in [-0.2, -0.15) is 0 Å². The summed E-state index contributed by atoms with van der Waals surface area (Å²) in [6.07, 6.45) is -0.0220. The second-order valence-corrected chi connectivity index (χ2v) is 11.6. The van der Waals surface area contributed by atoms with Crippen LogP contribution in [0.15, 0.2) is 0 Å². The van der Waals surface area contributed by atoms with E-state index in [1.807, 2.05) is 6.92 Å².